The van der Waals surface area contributed by atoms with Gasteiger partial charge in [-0.15, -0.1) is 34.0 Å². The first-order valence-corrected chi connectivity index (χ1v) is 15.9. The highest BCUT2D eigenvalue weighted by Crippen LogP contribution is 2.56. The molecule has 7 heterocycles. The normalized spacial score (nSPS) is 12.1. The molecule has 9 nitrogen and oxygen atoms in total. The van der Waals surface area contributed by atoms with Gasteiger partial charge in [0.15, 0.2) is 11.5 Å². The molecule has 0 fully saturated rings. The molecule has 0 saturated heterocycles. The zero-order chi connectivity index (χ0) is 30.0. The predicted octanol–water partition coefficient (Wildman–Crippen LogP) is 7.54. The van der Waals surface area contributed by atoms with Crippen molar-refractivity contribution in [3.63, 3.8) is 0 Å². The molecule has 0 aliphatic carbocycles. The number of rotatable bonds is 9. The smallest absolute Gasteiger partial charge is 0.298 e. The Morgan fingerprint density at radius 1 is 0.727 bits per heavy atom. The molecule has 0 spiro atoms. The van der Waals surface area contributed by atoms with E-state index in [2.05, 4.69) is 40.5 Å². The standard InChI is InChI=1S/C32H21N3O6S3/c1-18-22(6-11-42-18)31-29-30(39-10-9-38-29)32(44-31)28-3-2-27(43-28)19-4-7-33-23(12-19)25-14-21(41-17-37)15-26(35-25)24-13-20(40-16-36)5-8-34-24/h2-8,11-17H,9-10H2,1H3. The first kappa shape index (κ1) is 27.9. The third kappa shape index (κ3) is 5.34. The molecule has 0 bridgehead atoms. The van der Waals surface area contributed by atoms with Crippen LogP contribution >= 0.6 is 34.0 Å². The van der Waals surface area contributed by atoms with Crippen LogP contribution < -0.4 is 18.9 Å². The van der Waals surface area contributed by atoms with E-state index in [9.17, 15) is 9.59 Å². The molecule has 7 rings (SSSR count). The van der Waals surface area contributed by atoms with Gasteiger partial charge in [0, 0.05) is 50.8 Å². The van der Waals surface area contributed by atoms with Crippen molar-refractivity contribution < 1.29 is 28.5 Å². The SMILES string of the molecule is Cc1sccc1-c1sc(-c2ccc(-c3ccnc(-c4cc(OC=O)cc(-c5cc(OC=O)ccn5)n4)c3)s2)c2c1OCCO2. The molecule has 12 heteroatoms. The van der Waals surface area contributed by atoms with Gasteiger partial charge in [-0.05, 0) is 54.3 Å². The molecular formula is C32H21N3O6S3. The van der Waals surface area contributed by atoms with Crippen LogP contribution in [0.3, 0.4) is 0 Å². The number of hydrogen-bond donors (Lipinski definition) is 0. The second kappa shape index (κ2) is 12.0. The second-order valence-electron chi connectivity index (χ2n) is 9.48. The van der Waals surface area contributed by atoms with Crippen LogP contribution in [0, 0.1) is 6.92 Å². The number of thiophene rings is 3. The molecule has 218 valence electrons. The number of fused-ring (bicyclic) bond motifs is 1. The van der Waals surface area contributed by atoms with E-state index in [1.54, 1.807) is 64.5 Å². The van der Waals surface area contributed by atoms with Crippen molar-refractivity contribution in [2.45, 2.75) is 6.92 Å². The number of aromatic nitrogens is 3. The highest BCUT2D eigenvalue weighted by atomic mass is 32.1. The van der Waals surface area contributed by atoms with E-state index in [0.29, 0.717) is 54.7 Å². The Kier molecular flexibility index (Phi) is 7.61. The summed E-state index contributed by atoms with van der Waals surface area (Å²) < 4.78 is 22.4. The van der Waals surface area contributed by atoms with Gasteiger partial charge < -0.3 is 18.9 Å². The summed E-state index contributed by atoms with van der Waals surface area (Å²) in [6, 6.07) is 16.5. The molecule has 0 saturated carbocycles. The van der Waals surface area contributed by atoms with Gasteiger partial charge in [-0.3, -0.25) is 19.6 Å². The fourth-order valence-electron chi connectivity index (χ4n) is 4.82. The molecule has 44 heavy (non-hydrogen) atoms. The van der Waals surface area contributed by atoms with Crippen molar-refractivity contribution in [1.29, 1.82) is 0 Å². The van der Waals surface area contributed by atoms with Crippen LogP contribution in [0.25, 0.3) is 53.4 Å². The average Bonchev–Trinajstić information content (AvgIpc) is 3.80. The Morgan fingerprint density at radius 2 is 1.39 bits per heavy atom. The first-order valence-electron chi connectivity index (χ1n) is 13.3. The molecule has 0 aromatic carbocycles. The average molecular weight is 640 g/mol. The van der Waals surface area contributed by atoms with E-state index >= 15 is 0 Å². The van der Waals surface area contributed by atoms with Crippen LogP contribution in [-0.2, 0) is 9.59 Å². The van der Waals surface area contributed by atoms with Crippen LogP contribution in [0.2, 0.25) is 0 Å². The van der Waals surface area contributed by atoms with Gasteiger partial charge in [0.2, 0.25) is 0 Å². The zero-order valence-electron chi connectivity index (χ0n) is 23.0. The van der Waals surface area contributed by atoms with E-state index in [0.717, 1.165) is 36.6 Å². The van der Waals surface area contributed by atoms with Crippen molar-refractivity contribution >= 4 is 47.0 Å². The van der Waals surface area contributed by atoms with E-state index < -0.39 is 0 Å². The fourth-order valence-corrected chi connectivity index (χ4v) is 7.97. The molecule has 6 aromatic rings. The summed E-state index contributed by atoms with van der Waals surface area (Å²) in [5.41, 5.74) is 4.04. The summed E-state index contributed by atoms with van der Waals surface area (Å²) in [6.07, 6.45) is 3.22. The minimum Gasteiger partial charge on any atom is -0.485 e. The number of hydrogen-bond acceptors (Lipinski definition) is 12. The predicted molar refractivity (Wildman–Crippen MR) is 170 cm³/mol. The maximum absolute atomic E-state index is 11.2. The minimum atomic E-state index is 0.274. The maximum atomic E-state index is 11.2. The fraction of sp³-hybridized carbons (Fsp3) is 0.0938. The van der Waals surface area contributed by atoms with Crippen molar-refractivity contribution in [2.75, 3.05) is 13.2 Å². The molecule has 0 atom stereocenters. The highest BCUT2D eigenvalue weighted by Gasteiger charge is 2.28. The van der Waals surface area contributed by atoms with Crippen molar-refractivity contribution in [3.8, 4) is 76.4 Å². The second-order valence-corrected chi connectivity index (χ2v) is 12.7. The molecule has 0 unspecified atom stereocenters. The van der Waals surface area contributed by atoms with Crippen LogP contribution in [0.1, 0.15) is 4.88 Å². The van der Waals surface area contributed by atoms with Gasteiger partial charge >= 0.3 is 0 Å². The molecule has 6 aromatic heterocycles. The monoisotopic (exact) mass is 639 g/mol. The largest absolute Gasteiger partial charge is 0.485 e. The minimum absolute atomic E-state index is 0.274. The lowest BCUT2D eigenvalue weighted by Crippen LogP contribution is -2.14. The van der Waals surface area contributed by atoms with Gasteiger partial charge in [0.25, 0.3) is 12.9 Å². The van der Waals surface area contributed by atoms with Crippen LogP contribution in [0.15, 0.2) is 72.4 Å². The summed E-state index contributed by atoms with van der Waals surface area (Å²) in [6.45, 7) is 3.84. The number of pyridine rings is 3. The van der Waals surface area contributed by atoms with Gasteiger partial charge in [-0.2, -0.15) is 0 Å². The summed E-state index contributed by atoms with van der Waals surface area (Å²) >= 11 is 5.06. The number of ether oxygens (including phenoxy) is 4. The van der Waals surface area contributed by atoms with Crippen LogP contribution in [0.4, 0.5) is 0 Å². The van der Waals surface area contributed by atoms with Gasteiger partial charge in [0.1, 0.15) is 24.7 Å². The van der Waals surface area contributed by atoms with Crippen molar-refractivity contribution in [3.05, 3.63) is 77.2 Å². The Labute approximate surface area is 263 Å². The first-order chi connectivity index (χ1) is 21.6. The maximum Gasteiger partial charge on any atom is 0.298 e. The highest BCUT2D eigenvalue weighted by molar-refractivity contribution is 7.26. The molecule has 1 aliphatic heterocycles. The van der Waals surface area contributed by atoms with Crippen LogP contribution in [0.5, 0.6) is 23.0 Å². The molecular weight excluding hydrogens is 619 g/mol. The molecule has 0 radical (unpaired) electrons. The zero-order valence-corrected chi connectivity index (χ0v) is 25.5. The Bertz CT molecular complexity index is 2010. The molecule has 0 amide bonds. The molecule has 1 aliphatic rings. The third-order valence-corrected chi connectivity index (χ3v) is 10.1. The Hall–Kier alpha value is -4.91. The molecule has 0 N–H and O–H groups in total. The Balaban J connectivity index is 1.25. The number of carbonyl (C=O) groups is 2. The van der Waals surface area contributed by atoms with Gasteiger partial charge in [0.05, 0.1) is 32.5 Å². The number of nitrogens with zero attached hydrogens (tertiary/aromatic N) is 3. The van der Waals surface area contributed by atoms with Crippen LogP contribution in [-0.4, -0.2) is 41.1 Å². The summed E-state index contributed by atoms with van der Waals surface area (Å²) in [7, 11) is 0. The summed E-state index contributed by atoms with van der Waals surface area (Å²) in [4.78, 5) is 41.1. The topological polar surface area (TPSA) is 110 Å². The van der Waals surface area contributed by atoms with Gasteiger partial charge in [-0.1, -0.05) is 0 Å². The summed E-state index contributed by atoms with van der Waals surface area (Å²) in [5.74, 6) is 2.20. The summed E-state index contributed by atoms with van der Waals surface area (Å²) in [5, 5.41) is 2.10. The van der Waals surface area contributed by atoms with Crippen molar-refractivity contribution in [1.82, 2.24) is 15.0 Å². The number of carbonyl (C=O) groups excluding carboxylic acids is 2. The third-order valence-electron chi connectivity index (χ3n) is 6.80. The van der Waals surface area contributed by atoms with E-state index in [1.807, 2.05) is 12.1 Å². The lowest BCUT2D eigenvalue weighted by Gasteiger charge is -2.17. The quantitative estimate of drug-likeness (QED) is 0.148. The Morgan fingerprint density at radius 3 is 2.11 bits per heavy atom. The van der Waals surface area contributed by atoms with E-state index in [-0.39, 0.29) is 5.75 Å². The number of aryl methyl sites for hydroxylation is 1. The van der Waals surface area contributed by atoms with E-state index in [1.165, 1.54) is 16.6 Å². The van der Waals surface area contributed by atoms with Crippen molar-refractivity contribution in [2.24, 2.45) is 0 Å². The lowest BCUT2D eigenvalue weighted by molar-refractivity contribution is -0.121. The van der Waals surface area contributed by atoms with Gasteiger partial charge in [-0.25, -0.2) is 4.98 Å². The lowest BCUT2D eigenvalue weighted by atomic mass is 10.1. The van der Waals surface area contributed by atoms with E-state index in [4.69, 9.17) is 23.9 Å².